The molecule has 0 spiro atoms. The summed E-state index contributed by atoms with van der Waals surface area (Å²) in [6.07, 6.45) is -0.0172. The Kier molecular flexibility index (Phi) is 5.64. The number of thiazole rings is 1. The fourth-order valence-corrected chi connectivity index (χ4v) is 5.28. The van der Waals surface area contributed by atoms with E-state index in [0.717, 1.165) is 20.7 Å². The van der Waals surface area contributed by atoms with Crippen molar-refractivity contribution in [1.82, 2.24) is 19.9 Å². The van der Waals surface area contributed by atoms with Crippen LogP contribution in [0.15, 0.2) is 24.4 Å². The molecule has 1 atom stereocenters. The number of aromatic nitrogens is 3. The van der Waals surface area contributed by atoms with Gasteiger partial charge >= 0.3 is 6.09 Å². The van der Waals surface area contributed by atoms with Crippen molar-refractivity contribution in [2.45, 2.75) is 19.4 Å². The van der Waals surface area contributed by atoms with Gasteiger partial charge in [0.25, 0.3) is 0 Å². The van der Waals surface area contributed by atoms with Crippen LogP contribution in [0.3, 0.4) is 0 Å². The van der Waals surface area contributed by atoms with Crippen LogP contribution >= 0.6 is 11.3 Å². The van der Waals surface area contributed by atoms with E-state index in [0.29, 0.717) is 39.4 Å². The number of carboxylic acid groups (broad SMARTS) is 1. The molecule has 0 radical (unpaired) electrons. The first-order valence-electron chi connectivity index (χ1n) is 10.5. The number of ether oxygens (including phenoxy) is 2. The van der Waals surface area contributed by atoms with Crippen LogP contribution in [0.2, 0.25) is 0 Å². The minimum Gasteiger partial charge on any atom is -0.485 e. The van der Waals surface area contributed by atoms with Crippen LogP contribution in [0, 0.1) is 12.7 Å². The number of hydrogen-bond acceptors (Lipinski definition) is 7. The highest BCUT2D eigenvalue weighted by atomic mass is 32.1. The van der Waals surface area contributed by atoms with Crippen molar-refractivity contribution in [2.24, 2.45) is 0 Å². The first-order chi connectivity index (χ1) is 16.4. The molecule has 0 bridgehead atoms. The molecule has 176 valence electrons. The summed E-state index contributed by atoms with van der Waals surface area (Å²) in [7, 11) is 1.53. The molecule has 2 aromatic carbocycles. The largest absolute Gasteiger partial charge is 0.485 e. The van der Waals surface area contributed by atoms with Crippen molar-refractivity contribution in [1.29, 1.82) is 0 Å². The molecule has 5 rings (SSSR count). The van der Waals surface area contributed by atoms with Crippen molar-refractivity contribution < 1.29 is 28.2 Å². The van der Waals surface area contributed by atoms with Crippen molar-refractivity contribution in [3.8, 4) is 22.2 Å². The van der Waals surface area contributed by atoms with Gasteiger partial charge in [-0.25, -0.2) is 28.5 Å². The predicted octanol–water partition coefficient (Wildman–Crippen LogP) is 4.62. The number of hydrogen-bond donors (Lipinski definition) is 1. The Morgan fingerprint density at radius 1 is 1.32 bits per heavy atom. The average Bonchev–Trinajstić information content (AvgIpc) is 3.42. The molecule has 4 aromatic rings. The van der Waals surface area contributed by atoms with Gasteiger partial charge in [-0.2, -0.15) is 0 Å². The van der Waals surface area contributed by atoms with E-state index in [9.17, 15) is 18.7 Å². The van der Waals surface area contributed by atoms with E-state index >= 15 is 0 Å². The maximum absolute atomic E-state index is 14.9. The number of nitrogens with zero attached hydrogens (tertiary/aromatic N) is 4. The summed E-state index contributed by atoms with van der Waals surface area (Å²) in [5, 5.41) is 9.94. The van der Waals surface area contributed by atoms with E-state index in [1.165, 1.54) is 30.7 Å². The highest BCUT2D eigenvalue weighted by Gasteiger charge is 2.32. The molecule has 0 fully saturated rings. The number of rotatable bonds is 6. The van der Waals surface area contributed by atoms with Gasteiger partial charge in [0.1, 0.15) is 17.8 Å². The molecule has 1 amide bonds. The van der Waals surface area contributed by atoms with Crippen LogP contribution in [0.5, 0.6) is 11.6 Å². The smallest absolute Gasteiger partial charge is 0.407 e. The SMILES string of the molecule is COc1cnc2c(-c3nc4cc(F)c5c(c4s3)C[C@@H](CN(CCF)C(=O)O)O5)cc(C)cc2n1. The molecule has 0 unspecified atom stereocenters. The highest BCUT2D eigenvalue weighted by Crippen LogP contribution is 2.43. The second kappa shape index (κ2) is 8.64. The topological polar surface area (TPSA) is 97.7 Å². The predicted molar refractivity (Wildman–Crippen MR) is 123 cm³/mol. The van der Waals surface area contributed by atoms with E-state index in [1.54, 1.807) is 0 Å². The molecule has 8 nitrogen and oxygen atoms in total. The lowest BCUT2D eigenvalue weighted by molar-refractivity contribution is 0.111. The second-order valence-corrected chi connectivity index (χ2v) is 8.99. The monoisotopic (exact) mass is 486 g/mol. The van der Waals surface area contributed by atoms with Crippen LogP contribution in [-0.4, -0.2) is 64.0 Å². The zero-order chi connectivity index (χ0) is 24.0. The number of halogens is 2. The fraction of sp³-hybridized carbons (Fsp3) is 0.304. The summed E-state index contributed by atoms with van der Waals surface area (Å²) < 4.78 is 39.3. The van der Waals surface area contributed by atoms with Gasteiger partial charge in [0.2, 0.25) is 5.88 Å². The molecular formula is C23H20F2N4O4S. The molecule has 2 aromatic heterocycles. The zero-order valence-electron chi connectivity index (χ0n) is 18.3. The number of benzene rings is 2. The minimum absolute atomic E-state index is 0.0551. The lowest BCUT2D eigenvalue weighted by Gasteiger charge is -2.21. The van der Waals surface area contributed by atoms with Crippen molar-refractivity contribution in [3.63, 3.8) is 0 Å². The first-order valence-corrected chi connectivity index (χ1v) is 11.3. The Labute approximate surface area is 196 Å². The third kappa shape index (κ3) is 3.85. The third-order valence-corrected chi connectivity index (χ3v) is 6.82. The number of aryl methyl sites for hydroxylation is 1. The van der Waals surface area contributed by atoms with Crippen LogP contribution in [0.4, 0.5) is 13.6 Å². The summed E-state index contributed by atoms with van der Waals surface area (Å²) in [4.78, 5) is 25.9. The number of alkyl halides is 1. The van der Waals surface area contributed by atoms with Gasteiger partial charge in [-0.15, -0.1) is 11.3 Å². The molecule has 34 heavy (non-hydrogen) atoms. The average molecular weight is 487 g/mol. The molecule has 3 heterocycles. The van der Waals surface area contributed by atoms with E-state index in [-0.39, 0.29) is 18.8 Å². The van der Waals surface area contributed by atoms with Crippen LogP contribution in [0.1, 0.15) is 11.1 Å². The molecule has 1 N–H and O–H groups in total. The van der Waals surface area contributed by atoms with E-state index in [1.807, 2.05) is 19.1 Å². The lowest BCUT2D eigenvalue weighted by atomic mass is 10.1. The maximum Gasteiger partial charge on any atom is 0.407 e. The summed E-state index contributed by atoms with van der Waals surface area (Å²) in [6, 6.07) is 5.18. The number of carbonyl (C=O) groups is 1. The van der Waals surface area contributed by atoms with Gasteiger partial charge < -0.3 is 19.5 Å². The van der Waals surface area contributed by atoms with E-state index in [2.05, 4.69) is 15.0 Å². The molecule has 1 aliphatic rings. The zero-order valence-corrected chi connectivity index (χ0v) is 19.2. The van der Waals surface area contributed by atoms with Gasteiger partial charge in [0, 0.05) is 23.6 Å². The minimum atomic E-state index is -1.24. The fourth-order valence-electron chi connectivity index (χ4n) is 4.17. The van der Waals surface area contributed by atoms with E-state index in [4.69, 9.17) is 9.47 Å². The Balaban J connectivity index is 1.55. The first kappa shape index (κ1) is 22.2. The third-order valence-electron chi connectivity index (χ3n) is 5.66. The van der Waals surface area contributed by atoms with Crippen molar-refractivity contribution >= 4 is 38.7 Å². The van der Waals surface area contributed by atoms with Crippen LogP contribution in [0.25, 0.3) is 31.8 Å². The second-order valence-electron chi connectivity index (χ2n) is 7.99. The van der Waals surface area contributed by atoms with Gasteiger partial charge in [0.15, 0.2) is 11.6 Å². The molecular weight excluding hydrogens is 466 g/mol. The van der Waals surface area contributed by atoms with Crippen LogP contribution in [-0.2, 0) is 6.42 Å². The van der Waals surface area contributed by atoms with Crippen LogP contribution < -0.4 is 9.47 Å². The van der Waals surface area contributed by atoms with Gasteiger partial charge in [-0.1, -0.05) is 0 Å². The van der Waals surface area contributed by atoms with E-state index < -0.39 is 24.7 Å². The summed E-state index contributed by atoms with van der Waals surface area (Å²) >= 11 is 1.39. The number of fused-ring (bicyclic) bond motifs is 4. The highest BCUT2D eigenvalue weighted by molar-refractivity contribution is 7.22. The molecule has 11 heteroatoms. The quantitative estimate of drug-likeness (QED) is 0.425. The summed E-state index contributed by atoms with van der Waals surface area (Å²) in [6.45, 7) is 0.821. The Morgan fingerprint density at radius 2 is 2.15 bits per heavy atom. The Morgan fingerprint density at radius 3 is 2.88 bits per heavy atom. The standard InChI is InChI=1S/C23H20F2N4O4S/c1-11-5-13(19-16(6-11)27-18(32-2)9-26-19)22-28-17-8-15(25)20-14(21(17)34-22)7-12(33-20)10-29(4-3-24)23(30)31/h5-6,8-9,12H,3-4,7,10H2,1-2H3,(H,30,31)/t12-/m0/s1. The lowest BCUT2D eigenvalue weighted by Crippen LogP contribution is -2.39. The van der Waals surface area contributed by atoms with Gasteiger partial charge in [-0.05, 0) is 24.6 Å². The van der Waals surface area contributed by atoms with Crippen molar-refractivity contribution in [3.05, 3.63) is 41.3 Å². The molecule has 0 aliphatic carbocycles. The summed E-state index contributed by atoms with van der Waals surface area (Å²) in [5.41, 5.74) is 4.17. The van der Waals surface area contributed by atoms with Gasteiger partial charge in [0.05, 0.1) is 47.6 Å². The number of methoxy groups -OCH3 is 1. The maximum atomic E-state index is 14.9. The number of amides is 1. The molecule has 1 aliphatic heterocycles. The van der Waals surface area contributed by atoms with Gasteiger partial charge in [-0.3, -0.25) is 0 Å². The normalized spacial score (nSPS) is 14.9. The Bertz CT molecular complexity index is 1430. The molecule has 0 saturated heterocycles. The van der Waals surface area contributed by atoms with Crippen molar-refractivity contribution in [2.75, 3.05) is 26.9 Å². The molecule has 0 saturated carbocycles. The Hall–Kier alpha value is -3.60. The summed E-state index contributed by atoms with van der Waals surface area (Å²) in [5.74, 6) is -0.0654.